The minimum absolute atomic E-state index is 0.0217. The highest BCUT2D eigenvalue weighted by atomic mass is 16.5. The number of hydrogen-bond donors (Lipinski definition) is 1. The number of hydrogen-bond acceptors (Lipinski definition) is 6. The van der Waals surface area contributed by atoms with Crippen molar-refractivity contribution in [3.8, 4) is 5.75 Å². The lowest BCUT2D eigenvalue weighted by molar-refractivity contribution is -0.140. The van der Waals surface area contributed by atoms with Gasteiger partial charge in [-0.25, -0.2) is 0 Å². The van der Waals surface area contributed by atoms with Gasteiger partial charge >= 0.3 is 0 Å². The molecule has 32 heavy (non-hydrogen) atoms. The number of benzene rings is 1. The number of carbonyl (C=O) groups excluding carboxylic acids is 2. The summed E-state index contributed by atoms with van der Waals surface area (Å²) >= 11 is 0. The first-order chi connectivity index (χ1) is 15.4. The lowest BCUT2D eigenvalue weighted by atomic mass is 9.94. The zero-order valence-electron chi connectivity index (χ0n) is 18.1. The van der Waals surface area contributed by atoms with E-state index >= 15 is 0 Å². The third-order valence-corrected chi connectivity index (χ3v) is 5.52. The molecule has 0 saturated carbocycles. The molecule has 1 aliphatic rings. The first-order valence-electron chi connectivity index (χ1n) is 10.1. The van der Waals surface area contributed by atoms with Crippen molar-refractivity contribution in [3.63, 3.8) is 0 Å². The van der Waals surface area contributed by atoms with E-state index in [4.69, 9.17) is 4.74 Å². The lowest BCUT2D eigenvalue weighted by Gasteiger charge is -2.25. The number of aliphatic hydroxyl groups excluding tert-OH is 1. The molecule has 0 bridgehead atoms. The Bertz CT molecular complexity index is 1210. The first-order valence-corrected chi connectivity index (χ1v) is 10.1. The van der Waals surface area contributed by atoms with Gasteiger partial charge in [-0.05, 0) is 60.4 Å². The van der Waals surface area contributed by atoms with Crippen molar-refractivity contribution in [1.82, 2.24) is 14.9 Å². The molecular weight excluding hydrogens is 406 g/mol. The van der Waals surface area contributed by atoms with E-state index in [1.807, 2.05) is 26.0 Å². The number of pyridine rings is 2. The number of amides is 1. The fourth-order valence-electron chi connectivity index (χ4n) is 4.17. The number of carbonyl (C=O) groups is 2. The molecule has 3 aromatic rings. The summed E-state index contributed by atoms with van der Waals surface area (Å²) in [5, 5.41) is 11.4. The number of aromatic nitrogens is 2. The minimum atomic E-state index is -0.774. The van der Waals surface area contributed by atoms with E-state index < -0.39 is 17.7 Å². The van der Waals surface area contributed by atoms with Gasteiger partial charge in [-0.2, -0.15) is 0 Å². The molecular formula is C25H23N3O4. The van der Waals surface area contributed by atoms with Crippen LogP contribution in [-0.2, 0) is 16.1 Å². The van der Waals surface area contributed by atoms with E-state index in [1.165, 1.54) is 12.0 Å². The number of aryl methyl sites for hydroxylation is 2. The topological polar surface area (TPSA) is 92.6 Å². The maximum atomic E-state index is 13.2. The van der Waals surface area contributed by atoms with Gasteiger partial charge < -0.3 is 14.7 Å². The van der Waals surface area contributed by atoms with Gasteiger partial charge in [0, 0.05) is 31.3 Å². The first kappa shape index (κ1) is 21.2. The van der Waals surface area contributed by atoms with E-state index in [9.17, 15) is 14.7 Å². The second-order valence-corrected chi connectivity index (χ2v) is 7.73. The largest absolute Gasteiger partial charge is 0.507 e. The zero-order chi connectivity index (χ0) is 22.8. The highest BCUT2D eigenvalue weighted by Crippen LogP contribution is 2.42. The number of rotatable bonds is 5. The number of ketones is 1. The van der Waals surface area contributed by atoms with Crippen molar-refractivity contribution in [2.24, 2.45) is 0 Å². The molecule has 0 aliphatic carbocycles. The average Bonchev–Trinajstić information content (AvgIpc) is 3.04. The summed E-state index contributed by atoms with van der Waals surface area (Å²) < 4.78 is 5.52. The zero-order valence-corrected chi connectivity index (χ0v) is 18.1. The fourth-order valence-corrected chi connectivity index (χ4v) is 4.17. The van der Waals surface area contributed by atoms with Gasteiger partial charge in [0.1, 0.15) is 11.5 Å². The number of nitrogens with zero attached hydrogens (tertiary/aromatic N) is 3. The normalized spacial score (nSPS) is 17.6. The predicted molar refractivity (Wildman–Crippen MR) is 119 cm³/mol. The van der Waals surface area contributed by atoms with Gasteiger partial charge in [-0.15, -0.1) is 0 Å². The number of ether oxygens (including phenoxy) is 1. The van der Waals surface area contributed by atoms with E-state index in [1.54, 1.807) is 49.1 Å². The van der Waals surface area contributed by atoms with Crippen LogP contribution in [0.5, 0.6) is 5.75 Å². The second-order valence-electron chi connectivity index (χ2n) is 7.73. The van der Waals surface area contributed by atoms with Crippen molar-refractivity contribution < 1.29 is 19.4 Å². The summed E-state index contributed by atoms with van der Waals surface area (Å²) in [6.07, 6.45) is 6.48. The highest BCUT2D eigenvalue weighted by molar-refractivity contribution is 6.46. The van der Waals surface area contributed by atoms with Crippen LogP contribution >= 0.6 is 0 Å². The Hall–Kier alpha value is -4.00. The molecule has 1 aromatic carbocycles. The third kappa shape index (κ3) is 3.73. The smallest absolute Gasteiger partial charge is 0.295 e. The lowest BCUT2D eigenvalue weighted by Crippen LogP contribution is -2.29. The average molecular weight is 429 g/mol. The third-order valence-electron chi connectivity index (χ3n) is 5.52. The van der Waals surface area contributed by atoms with Crippen LogP contribution in [-0.4, -0.2) is 38.8 Å². The monoisotopic (exact) mass is 429 g/mol. The summed E-state index contributed by atoms with van der Waals surface area (Å²) in [6.45, 7) is 3.93. The highest BCUT2D eigenvalue weighted by Gasteiger charge is 2.46. The molecule has 1 N–H and O–H groups in total. The molecule has 0 spiro atoms. The van der Waals surface area contributed by atoms with Crippen molar-refractivity contribution >= 4 is 17.4 Å². The Morgan fingerprint density at radius 2 is 1.84 bits per heavy atom. The summed E-state index contributed by atoms with van der Waals surface area (Å²) in [5.41, 5.74) is 3.57. The maximum Gasteiger partial charge on any atom is 0.295 e. The summed E-state index contributed by atoms with van der Waals surface area (Å²) in [4.78, 5) is 35.9. The number of methoxy groups -OCH3 is 1. The van der Waals surface area contributed by atoms with Gasteiger partial charge in [-0.1, -0.05) is 12.1 Å². The van der Waals surface area contributed by atoms with Crippen molar-refractivity contribution in [1.29, 1.82) is 0 Å². The molecule has 3 heterocycles. The van der Waals surface area contributed by atoms with Crippen LogP contribution in [0, 0.1) is 13.8 Å². The van der Waals surface area contributed by atoms with Crippen LogP contribution in [0.1, 0.15) is 33.9 Å². The molecule has 162 valence electrons. The van der Waals surface area contributed by atoms with Gasteiger partial charge in [0.05, 0.1) is 24.3 Å². The van der Waals surface area contributed by atoms with Crippen LogP contribution in [0.25, 0.3) is 5.76 Å². The number of aliphatic hydroxyl groups is 1. The maximum absolute atomic E-state index is 13.2. The number of Topliss-reactive ketones (excluding diaryl/α,β-unsaturated/α-hetero) is 1. The van der Waals surface area contributed by atoms with Gasteiger partial charge in [0.15, 0.2) is 0 Å². The summed E-state index contributed by atoms with van der Waals surface area (Å²) in [6, 6.07) is 9.98. The SMILES string of the molecule is COc1c(C)cc(C)cc1/C(O)=C1\C(=O)C(=O)N(Cc2cccnc2)C1c1ccncc1. The van der Waals surface area contributed by atoms with Crippen LogP contribution < -0.4 is 4.74 Å². The Balaban J connectivity index is 1.92. The second kappa shape index (κ2) is 8.63. The molecule has 7 nitrogen and oxygen atoms in total. The van der Waals surface area contributed by atoms with Crippen molar-refractivity contribution in [2.75, 3.05) is 7.11 Å². The van der Waals surface area contributed by atoms with Gasteiger partial charge in [0.2, 0.25) is 0 Å². The minimum Gasteiger partial charge on any atom is -0.507 e. The van der Waals surface area contributed by atoms with Gasteiger partial charge in [-0.3, -0.25) is 19.6 Å². The van der Waals surface area contributed by atoms with Gasteiger partial charge in [0.25, 0.3) is 11.7 Å². The molecule has 1 atom stereocenters. The van der Waals surface area contributed by atoms with Crippen molar-refractivity contribution in [3.05, 3.63) is 94.6 Å². The number of likely N-dealkylation sites (tertiary alicyclic amines) is 1. The van der Waals surface area contributed by atoms with Crippen LogP contribution in [0.4, 0.5) is 0 Å². The molecule has 1 fully saturated rings. The fraction of sp³-hybridized carbons (Fsp3) is 0.200. The van der Waals surface area contributed by atoms with Crippen LogP contribution in [0.3, 0.4) is 0 Å². The molecule has 7 heteroatoms. The molecule has 2 aromatic heterocycles. The summed E-state index contributed by atoms with van der Waals surface area (Å²) in [5.74, 6) is -1.22. The molecule has 1 aliphatic heterocycles. The van der Waals surface area contributed by atoms with E-state index in [-0.39, 0.29) is 17.9 Å². The molecule has 4 rings (SSSR count). The van der Waals surface area contributed by atoms with E-state index in [0.29, 0.717) is 16.9 Å². The predicted octanol–water partition coefficient (Wildman–Crippen LogP) is 3.72. The summed E-state index contributed by atoms with van der Waals surface area (Å²) in [7, 11) is 1.51. The Labute approximate surface area is 186 Å². The molecule has 0 radical (unpaired) electrons. The Morgan fingerprint density at radius 3 is 2.50 bits per heavy atom. The van der Waals surface area contributed by atoms with Crippen LogP contribution in [0.15, 0.2) is 66.8 Å². The molecule has 1 unspecified atom stereocenters. The van der Waals surface area contributed by atoms with E-state index in [2.05, 4.69) is 9.97 Å². The Kier molecular flexibility index (Phi) is 5.73. The molecule has 1 amide bonds. The standard InChI is InChI=1S/C25H23N3O4/c1-15-11-16(2)24(32-3)19(12-15)22(29)20-21(18-6-9-26-10-7-18)28(25(31)23(20)30)14-17-5-4-8-27-13-17/h4-13,21,29H,14H2,1-3H3/b22-20+. The molecule has 1 saturated heterocycles. The van der Waals surface area contributed by atoms with E-state index in [0.717, 1.165) is 16.7 Å². The Morgan fingerprint density at radius 1 is 1.09 bits per heavy atom. The van der Waals surface area contributed by atoms with Crippen molar-refractivity contribution in [2.45, 2.75) is 26.4 Å². The quantitative estimate of drug-likeness (QED) is 0.378. The van der Waals surface area contributed by atoms with Crippen LogP contribution in [0.2, 0.25) is 0 Å².